The molecular formula is C17H27N5O3S. The van der Waals surface area contributed by atoms with E-state index in [1.165, 1.54) is 11.3 Å². The molecule has 2 aliphatic heterocycles. The molecule has 0 aromatic carbocycles. The first-order valence-electron chi connectivity index (χ1n) is 9.18. The molecule has 0 unspecified atom stereocenters. The van der Waals surface area contributed by atoms with Gasteiger partial charge in [0.2, 0.25) is 11.8 Å². The molecule has 26 heavy (non-hydrogen) atoms. The normalized spacial score (nSPS) is 23.6. The van der Waals surface area contributed by atoms with Gasteiger partial charge in [-0.25, -0.2) is 4.98 Å². The Kier molecular flexibility index (Phi) is 6.81. The average molecular weight is 382 g/mol. The van der Waals surface area contributed by atoms with Crippen LogP contribution in [0.2, 0.25) is 0 Å². The van der Waals surface area contributed by atoms with Gasteiger partial charge in [-0.1, -0.05) is 0 Å². The largest absolute Gasteiger partial charge is 0.378 e. The van der Waals surface area contributed by atoms with Crippen LogP contribution in [0.5, 0.6) is 0 Å². The third kappa shape index (κ3) is 5.15. The highest BCUT2D eigenvalue weighted by molar-refractivity contribution is 7.13. The Morgan fingerprint density at radius 2 is 2.12 bits per heavy atom. The number of morpholine rings is 1. The first-order valence-corrected chi connectivity index (χ1v) is 10.1. The van der Waals surface area contributed by atoms with E-state index >= 15 is 0 Å². The summed E-state index contributed by atoms with van der Waals surface area (Å²) in [5.41, 5.74) is 6.58. The molecule has 2 amide bonds. The van der Waals surface area contributed by atoms with Crippen LogP contribution < -0.4 is 16.4 Å². The van der Waals surface area contributed by atoms with E-state index < -0.39 is 0 Å². The van der Waals surface area contributed by atoms with E-state index in [-0.39, 0.29) is 23.7 Å². The number of amides is 2. The van der Waals surface area contributed by atoms with Crippen LogP contribution in [-0.4, -0.2) is 67.6 Å². The highest BCUT2D eigenvalue weighted by Gasteiger charge is 2.33. The first kappa shape index (κ1) is 19.1. The topological polar surface area (TPSA) is 110 Å². The molecule has 1 aromatic rings. The van der Waals surface area contributed by atoms with Gasteiger partial charge in [-0.05, 0) is 19.3 Å². The maximum Gasteiger partial charge on any atom is 0.227 e. The molecule has 2 fully saturated rings. The molecule has 0 aliphatic carbocycles. The number of carbonyl (C=O) groups excluding carboxylic acids is 2. The van der Waals surface area contributed by atoms with Crippen molar-refractivity contribution in [3.8, 4) is 0 Å². The van der Waals surface area contributed by atoms with Crippen molar-refractivity contribution in [1.82, 2.24) is 20.5 Å². The molecular weight excluding hydrogens is 354 g/mol. The SMILES string of the molecule is Nc1nc(CCCNC(=O)[C@H]2CNC[C@@H](C(=O)N3CCOCC3)C2)cs1. The van der Waals surface area contributed by atoms with Crippen LogP contribution in [0, 0.1) is 11.8 Å². The van der Waals surface area contributed by atoms with Gasteiger partial charge in [-0.2, -0.15) is 0 Å². The highest BCUT2D eigenvalue weighted by Crippen LogP contribution is 2.20. The van der Waals surface area contributed by atoms with Crippen LogP contribution in [0.25, 0.3) is 0 Å². The first-order chi connectivity index (χ1) is 12.6. The number of nitrogens with two attached hydrogens (primary N) is 1. The number of hydrogen-bond donors (Lipinski definition) is 3. The summed E-state index contributed by atoms with van der Waals surface area (Å²) in [6.45, 7) is 4.36. The summed E-state index contributed by atoms with van der Waals surface area (Å²) < 4.78 is 5.30. The van der Waals surface area contributed by atoms with Crippen LogP contribution in [0.4, 0.5) is 5.13 Å². The zero-order valence-corrected chi connectivity index (χ0v) is 15.7. The second-order valence-corrected chi connectivity index (χ2v) is 7.69. The standard InChI is InChI=1S/C17H27N5O3S/c18-17-21-14(11-26-17)2-1-3-20-15(23)12-8-13(10-19-9-12)16(24)22-4-6-25-7-5-22/h11-13,19H,1-10H2,(H2,18,21)(H,20,23)/t12-,13+/m1/s1. The van der Waals surface area contributed by atoms with E-state index in [4.69, 9.17) is 10.5 Å². The van der Waals surface area contributed by atoms with Crippen molar-refractivity contribution in [3.05, 3.63) is 11.1 Å². The number of aryl methyl sites for hydroxylation is 1. The summed E-state index contributed by atoms with van der Waals surface area (Å²) in [5, 5.41) is 8.76. The van der Waals surface area contributed by atoms with Gasteiger partial charge in [0, 0.05) is 38.1 Å². The van der Waals surface area contributed by atoms with Gasteiger partial charge in [-0.15, -0.1) is 11.3 Å². The minimum absolute atomic E-state index is 0.0229. The lowest BCUT2D eigenvalue weighted by atomic mass is 9.88. The monoisotopic (exact) mass is 381 g/mol. The van der Waals surface area contributed by atoms with Gasteiger partial charge in [0.25, 0.3) is 0 Å². The van der Waals surface area contributed by atoms with E-state index in [1.54, 1.807) is 0 Å². The maximum absolute atomic E-state index is 12.6. The van der Waals surface area contributed by atoms with E-state index in [9.17, 15) is 9.59 Å². The van der Waals surface area contributed by atoms with Gasteiger partial charge in [0.15, 0.2) is 5.13 Å². The molecule has 2 saturated heterocycles. The van der Waals surface area contributed by atoms with Gasteiger partial charge < -0.3 is 26.0 Å². The number of carbonyl (C=O) groups is 2. The quantitative estimate of drug-likeness (QED) is 0.592. The van der Waals surface area contributed by atoms with Crippen LogP contribution in [0.15, 0.2) is 5.38 Å². The zero-order chi connectivity index (χ0) is 18.4. The molecule has 3 heterocycles. The second kappa shape index (κ2) is 9.29. The third-order valence-corrected chi connectivity index (χ3v) is 5.59. The van der Waals surface area contributed by atoms with Crippen molar-refractivity contribution >= 4 is 28.3 Å². The second-order valence-electron chi connectivity index (χ2n) is 6.80. The number of nitrogen functional groups attached to an aromatic ring is 1. The summed E-state index contributed by atoms with van der Waals surface area (Å²) >= 11 is 1.43. The number of nitrogens with zero attached hydrogens (tertiary/aromatic N) is 2. The zero-order valence-electron chi connectivity index (χ0n) is 14.9. The summed E-state index contributed by atoms with van der Waals surface area (Å²) in [5.74, 6) is -0.126. The van der Waals surface area contributed by atoms with Crippen LogP contribution in [0.3, 0.4) is 0 Å². The van der Waals surface area contributed by atoms with Gasteiger partial charge in [-0.3, -0.25) is 9.59 Å². The number of piperidine rings is 1. The van der Waals surface area contributed by atoms with E-state index in [1.807, 2.05) is 10.3 Å². The minimum atomic E-state index is -0.159. The fraction of sp³-hybridized carbons (Fsp3) is 0.706. The van der Waals surface area contributed by atoms with Crippen molar-refractivity contribution in [2.24, 2.45) is 11.8 Å². The number of rotatable bonds is 6. The van der Waals surface area contributed by atoms with Crippen molar-refractivity contribution in [2.75, 3.05) is 51.7 Å². The molecule has 8 nitrogen and oxygen atoms in total. The van der Waals surface area contributed by atoms with Crippen molar-refractivity contribution < 1.29 is 14.3 Å². The smallest absolute Gasteiger partial charge is 0.227 e. The minimum Gasteiger partial charge on any atom is -0.378 e. The number of thiazole rings is 1. The Balaban J connectivity index is 1.40. The lowest BCUT2D eigenvalue weighted by Gasteiger charge is -2.34. The highest BCUT2D eigenvalue weighted by atomic mass is 32.1. The number of nitrogens with one attached hydrogen (secondary N) is 2. The summed E-state index contributed by atoms with van der Waals surface area (Å²) in [7, 11) is 0. The average Bonchev–Trinajstić information content (AvgIpc) is 3.10. The Labute approximate surface area is 157 Å². The Morgan fingerprint density at radius 1 is 1.35 bits per heavy atom. The lowest BCUT2D eigenvalue weighted by molar-refractivity contribution is -0.141. The molecule has 0 spiro atoms. The number of hydrogen-bond acceptors (Lipinski definition) is 7. The fourth-order valence-corrected chi connectivity index (χ4v) is 4.03. The predicted octanol–water partition coefficient (Wildman–Crippen LogP) is -0.141. The summed E-state index contributed by atoms with van der Waals surface area (Å²) in [6, 6.07) is 0. The number of ether oxygens (including phenoxy) is 1. The third-order valence-electron chi connectivity index (χ3n) is 4.87. The molecule has 3 rings (SSSR count). The molecule has 4 N–H and O–H groups in total. The fourth-order valence-electron chi connectivity index (χ4n) is 3.43. The maximum atomic E-state index is 12.6. The van der Waals surface area contributed by atoms with Crippen molar-refractivity contribution in [3.63, 3.8) is 0 Å². The van der Waals surface area contributed by atoms with Crippen LogP contribution in [-0.2, 0) is 20.7 Å². The van der Waals surface area contributed by atoms with Crippen LogP contribution in [0.1, 0.15) is 18.5 Å². The molecule has 0 bridgehead atoms. The van der Waals surface area contributed by atoms with Crippen molar-refractivity contribution in [2.45, 2.75) is 19.3 Å². The Morgan fingerprint density at radius 3 is 2.85 bits per heavy atom. The van der Waals surface area contributed by atoms with Gasteiger partial charge >= 0.3 is 0 Å². The van der Waals surface area contributed by atoms with Gasteiger partial charge in [0.05, 0.1) is 30.7 Å². The molecule has 2 atom stereocenters. The van der Waals surface area contributed by atoms with Crippen molar-refractivity contribution in [1.29, 1.82) is 0 Å². The van der Waals surface area contributed by atoms with Crippen LogP contribution >= 0.6 is 11.3 Å². The molecule has 0 saturated carbocycles. The number of anilines is 1. The molecule has 2 aliphatic rings. The summed E-state index contributed by atoms with van der Waals surface area (Å²) in [4.78, 5) is 31.1. The Hall–Kier alpha value is -1.71. The van der Waals surface area contributed by atoms with E-state index in [0.29, 0.717) is 57.5 Å². The number of aromatic nitrogens is 1. The molecule has 144 valence electrons. The lowest BCUT2D eigenvalue weighted by Crippen LogP contribution is -2.51. The summed E-state index contributed by atoms with van der Waals surface area (Å²) in [6.07, 6.45) is 2.23. The molecule has 9 heteroatoms. The Bertz CT molecular complexity index is 617. The molecule has 0 radical (unpaired) electrons. The van der Waals surface area contributed by atoms with E-state index in [0.717, 1.165) is 18.5 Å². The molecule has 1 aromatic heterocycles. The van der Waals surface area contributed by atoms with E-state index in [2.05, 4.69) is 15.6 Å². The van der Waals surface area contributed by atoms with Gasteiger partial charge in [0.1, 0.15) is 0 Å². The predicted molar refractivity (Wildman–Crippen MR) is 99.7 cm³/mol.